The number of carbonyl (C=O) groups excluding carboxylic acids is 1. The summed E-state index contributed by atoms with van der Waals surface area (Å²) in [5, 5.41) is 9.50. The number of rotatable bonds is 5. The standard InChI is InChI=1S/C14H17N3O2/c1-3-11-8-13(17-16-11)15-14(18)9-19-12-6-4-5-10(2)7-12/h4-8H,3,9H2,1-2H3,(H2,15,16,17,18). The molecule has 1 amide bonds. The van der Waals surface area contributed by atoms with Crippen molar-refractivity contribution in [1.29, 1.82) is 0 Å². The molecular weight excluding hydrogens is 242 g/mol. The van der Waals surface area contributed by atoms with E-state index in [1.165, 1.54) is 0 Å². The van der Waals surface area contributed by atoms with Crippen LogP contribution in [-0.4, -0.2) is 22.7 Å². The first kappa shape index (κ1) is 13.1. The van der Waals surface area contributed by atoms with E-state index in [2.05, 4.69) is 15.5 Å². The summed E-state index contributed by atoms with van der Waals surface area (Å²) in [4.78, 5) is 11.7. The number of aromatic amines is 1. The lowest BCUT2D eigenvalue weighted by molar-refractivity contribution is -0.118. The van der Waals surface area contributed by atoms with Crippen LogP contribution in [0, 0.1) is 6.92 Å². The number of hydrogen-bond donors (Lipinski definition) is 2. The Labute approximate surface area is 112 Å². The average molecular weight is 259 g/mol. The monoisotopic (exact) mass is 259 g/mol. The summed E-state index contributed by atoms with van der Waals surface area (Å²) in [5.41, 5.74) is 2.08. The van der Waals surface area contributed by atoms with Gasteiger partial charge in [0.05, 0.1) is 0 Å². The van der Waals surface area contributed by atoms with E-state index in [1.54, 1.807) is 0 Å². The second-order valence-corrected chi connectivity index (χ2v) is 4.29. The Kier molecular flexibility index (Phi) is 4.18. The smallest absolute Gasteiger partial charge is 0.263 e. The number of benzene rings is 1. The van der Waals surface area contributed by atoms with Gasteiger partial charge in [-0.05, 0) is 31.0 Å². The molecule has 1 aromatic heterocycles. The van der Waals surface area contributed by atoms with E-state index in [4.69, 9.17) is 4.74 Å². The molecule has 1 aromatic carbocycles. The maximum Gasteiger partial charge on any atom is 0.263 e. The number of nitrogens with zero attached hydrogens (tertiary/aromatic N) is 1. The molecule has 0 saturated heterocycles. The van der Waals surface area contributed by atoms with Gasteiger partial charge in [0.2, 0.25) is 0 Å². The number of H-pyrrole nitrogens is 1. The molecule has 0 saturated carbocycles. The highest BCUT2D eigenvalue weighted by atomic mass is 16.5. The third-order valence-electron chi connectivity index (χ3n) is 2.64. The van der Waals surface area contributed by atoms with Gasteiger partial charge >= 0.3 is 0 Å². The number of hydrogen-bond acceptors (Lipinski definition) is 3. The number of aryl methyl sites for hydroxylation is 2. The van der Waals surface area contributed by atoms with Gasteiger partial charge in [-0.1, -0.05) is 19.1 Å². The molecule has 2 N–H and O–H groups in total. The van der Waals surface area contributed by atoms with Crippen LogP contribution in [0.15, 0.2) is 30.3 Å². The second-order valence-electron chi connectivity index (χ2n) is 4.29. The molecule has 5 nitrogen and oxygen atoms in total. The Morgan fingerprint density at radius 2 is 2.26 bits per heavy atom. The highest BCUT2D eigenvalue weighted by molar-refractivity contribution is 5.90. The van der Waals surface area contributed by atoms with E-state index in [1.807, 2.05) is 44.2 Å². The molecule has 0 aliphatic carbocycles. The zero-order chi connectivity index (χ0) is 13.7. The van der Waals surface area contributed by atoms with Crippen molar-refractivity contribution in [3.63, 3.8) is 0 Å². The van der Waals surface area contributed by atoms with Crippen LogP contribution in [-0.2, 0) is 11.2 Å². The van der Waals surface area contributed by atoms with E-state index in [0.29, 0.717) is 11.6 Å². The van der Waals surface area contributed by atoms with Crippen molar-refractivity contribution < 1.29 is 9.53 Å². The van der Waals surface area contributed by atoms with Gasteiger partial charge in [-0.3, -0.25) is 9.89 Å². The SMILES string of the molecule is CCc1cc(NC(=O)COc2cccc(C)c2)n[nH]1. The van der Waals surface area contributed by atoms with Crippen LogP contribution < -0.4 is 10.1 Å². The molecule has 0 bridgehead atoms. The molecule has 0 spiro atoms. The van der Waals surface area contributed by atoms with Crippen LogP contribution in [0.4, 0.5) is 5.82 Å². The fourth-order valence-corrected chi connectivity index (χ4v) is 1.64. The third-order valence-corrected chi connectivity index (χ3v) is 2.64. The summed E-state index contributed by atoms with van der Waals surface area (Å²) in [6.45, 7) is 3.96. The minimum absolute atomic E-state index is 0.0300. The fraction of sp³-hybridized carbons (Fsp3) is 0.286. The number of ether oxygens (including phenoxy) is 1. The molecule has 0 aliphatic rings. The van der Waals surface area contributed by atoms with Crippen LogP contribution in [0.3, 0.4) is 0 Å². The largest absolute Gasteiger partial charge is 0.484 e. The van der Waals surface area contributed by atoms with E-state index in [-0.39, 0.29) is 12.5 Å². The lowest BCUT2D eigenvalue weighted by Crippen LogP contribution is -2.20. The van der Waals surface area contributed by atoms with Gasteiger partial charge in [0.15, 0.2) is 12.4 Å². The van der Waals surface area contributed by atoms with Gasteiger partial charge < -0.3 is 10.1 Å². The van der Waals surface area contributed by atoms with E-state index in [0.717, 1.165) is 17.7 Å². The van der Waals surface area contributed by atoms with Gasteiger partial charge in [-0.2, -0.15) is 5.10 Å². The summed E-state index contributed by atoms with van der Waals surface area (Å²) >= 11 is 0. The van der Waals surface area contributed by atoms with Crippen molar-refractivity contribution in [1.82, 2.24) is 10.2 Å². The van der Waals surface area contributed by atoms with Crippen LogP contribution >= 0.6 is 0 Å². The van der Waals surface area contributed by atoms with Crippen LogP contribution in [0.5, 0.6) is 5.75 Å². The number of carbonyl (C=O) groups is 1. The Morgan fingerprint density at radius 1 is 1.42 bits per heavy atom. The Bertz CT molecular complexity index is 563. The van der Waals surface area contributed by atoms with E-state index >= 15 is 0 Å². The van der Waals surface area contributed by atoms with Crippen molar-refractivity contribution >= 4 is 11.7 Å². The maximum absolute atomic E-state index is 11.7. The quantitative estimate of drug-likeness (QED) is 0.865. The van der Waals surface area contributed by atoms with Crippen molar-refractivity contribution in [2.24, 2.45) is 0 Å². The Hall–Kier alpha value is -2.30. The highest BCUT2D eigenvalue weighted by Gasteiger charge is 2.06. The molecule has 0 unspecified atom stereocenters. The minimum Gasteiger partial charge on any atom is -0.484 e. The highest BCUT2D eigenvalue weighted by Crippen LogP contribution is 2.12. The molecule has 2 aromatic rings. The molecular formula is C14H17N3O2. The molecule has 0 fully saturated rings. The van der Waals surface area contributed by atoms with Crippen LogP contribution in [0.1, 0.15) is 18.2 Å². The molecule has 1 heterocycles. The number of aromatic nitrogens is 2. The van der Waals surface area contributed by atoms with E-state index in [9.17, 15) is 4.79 Å². The van der Waals surface area contributed by atoms with Gasteiger partial charge in [-0.25, -0.2) is 0 Å². The molecule has 100 valence electrons. The first-order valence-electron chi connectivity index (χ1n) is 6.21. The topological polar surface area (TPSA) is 67.0 Å². The zero-order valence-corrected chi connectivity index (χ0v) is 11.1. The van der Waals surface area contributed by atoms with E-state index < -0.39 is 0 Å². The van der Waals surface area contributed by atoms with Gasteiger partial charge in [0, 0.05) is 11.8 Å². The van der Waals surface area contributed by atoms with Gasteiger partial charge in [-0.15, -0.1) is 0 Å². The first-order valence-corrected chi connectivity index (χ1v) is 6.21. The molecule has 0 aliphatic heterocycles. The summed E-state index contributed by atoms with van der Waals surface area (Å²) in [6.07, 6.45) is 0.850. The number of amides is 1. The lowest BCUT2D eigenvalue weighted by Gasteiger charge is -2.06. The summed E-state index contributed by atoms with van der Waals surface area (Å²) in [5.74, 6) is 0.983. The minimum atomic E-state index is -0.226. The molecule has 0 radical (unpaired) electrons. The molecule has 2 rings (SSSR count). The number of nitrogens with one attached hydrogen (secondary N) is 2. The fourth-order valence-electron chi connectivity index (χ4n) is 1.64. The van der Waals surface area contributed by atoms with Gasteiger partial charge in [0.1, 0.15) is 5.75 Å². The van der Waals surface area contributed by atoms with Crippen molar-refractivity contribution in [2.75, 3.05) is 11.9 Å². The summed E-state index contributed by atoms with van der Waals surface area (Å²) in [6, 6.07) is 9.39. The summed E-state index contributed by atoms with van der Waals surface area (Å²) < 4.78 is 5.40. The first-order chi connectivity index (χ1) is 9.17. The van der Waals surface area contributed by atoms with Crippen LogP contribution in [0.25, 0.3) is 0 Å². The third kappa shape index (κ3) is 3.84. The normalized spacial score (nSPS) is 10.2. The zero-order valence-electron chi connectivity index (χ0n) is 11.1. The summed E-state index contributed by atoms with van der Waals surface area (Å²) in [7, 11) is 0. The lowest BCUT2D eigenvalue weighted by atomic mass is 10.2. The molecule has 0 atom stereocenters. The second kappa shape index (κ2) is 6.04. The molecule has 19 heavy (non-hydrogen) atoms. The van der Waals surface area contributed by atoms with Crippen molar-refractivity contribution in [3.8, 4) is 5.75 Å². The van der Waals surface area contributed by atoms with Crippen molar-refractivity contribution in [3.05, 3.63) is 41.6 Å². The predicted molar refractivity (Wildman–Crippen MR) is 73.3 cm³/mol. The molecule has 5 heteroatoms. The predicted octanol–water partition coefficient (Wildman–Crippen LogP) is 2.30. The maximum atomic E-state index is 11.7. The Morgan fingerprint density at radius 3 is 2.95 bits per heavy atom. The van der Waals surface area contributed by atoms with Crippen molar-refractivity contribution in [2.45, 2.75) is 20.3 Å². The number of anilines is 1. The van der Waals surface area contributed by atoms with Gasteiger partial charge in [0.25, 0.3) is 5.91 Å². The average Bonchev–Trinajstić information content (AvgIpc) is 2.84. The Balaban J connectivity index is 1.84. The van der Waals surface area contributed by atoms with Crippen LogP contribution in [0.2, 0.25) is 0 Å².